The van der Waals surface area contributed by atoms with Crippen molar-refractivity contribution in [3.8, 4) is 6.07 Å². The molecule has 0 bridgehead atoms. The van der Waals surface area contributed by atoms with Crippen molar-refractivity contribution in [2.24, 2.45) is 0 Å². The summed E-state index contributed by atoms with van der Waals surface area (Å²) >= 11 is 5.60. The molecule has 0 amide bonds. The number of pyridine rings is 1. The first kappa shape index (κ1) is 21.9. The average Bonchev–Trinajstić information content (AvgIpc) is 2.65. The van der Waals surface area contributed by atoms with Crippen molar-refractivity contribution in [2.45, 2.75) is 24.3 Å². The van der Waals surface area contributed by atoms with Crippen molar-refractivity contribution in [3.63, 3.8) is 0 Å². The highest BCUT2D eigenvalue weighted by Crippen LogP contribution is 2.40. The van der Waals surface area contributed by atoms with Crippen LogP contribution in [0.1, 0.15) is 35.3 Å². The molecule has 0 radical (unpaired) electrons. The summed E-state index contributed by atoms with van der Waals surface area (Å²) in [5, 5.41) is 8.38. The minimum Gasteiger partial charge on any atom is -0.462 e. The van der Waals surface area contributed by atoms with Crippen LogP contribution in [0.3, 0.4) is 0 Å². The summed E-state index contributed by atoms with van der Waals surface area (Å²) in [7, 11) is -1.91. The lowest BCUT2D eigenvalue weighted by molar-refractivity contribution is 0.0522. The van der Waals surface area contributed by atoms with E-state index in [4.69, 9.17) is 16.3 Å². The summed E-state index contributed by atoms with van der Waals surface area (Å²) < 4.78 is 60.1. The van der Waals surface area contributed by atoms with Gasteiger partial charge in [-0.1, -0.05) is 17.7 Å². The van der Waals surface area contributed by atoms with Gasteiger partial charge in [-0.2, -0.15) is 5.26 Å². The minimum atomic E-state index is -2.13. The first-order valence-corrected chi connectivity index (χ1v) is 9.78. The monoisotopic (exact) mass is 430 g/mol. The maximum Gasteiger partial charge on any atom is 0.340 e. The number of nitrogens with zero attached hydrogens (tertiary/aromatic N) is 2. The summed E-state index contributed by atoms with van der Waals surface area (Å²) in [6.07, 6.45) is 2.06. The molecule has 2 aromatic rings. The summed E-state index contributed by atoms with van der Waals surface area (Å²) in [6, 6.07) is 3.49. The third kappa shape index (κ3) is 3.62. The zero-order valence-corrected chi connectivity index (χ0v) is 16.6. The Balaban J connectivity index is 2.94. The highest BCUT2D eigenvalue weighted by molar-refractivity contribution is 7.84. The van der Waals surface area contributed by atoms with E-state index in [2.05, 4.69) is 4.98 Å². The molecule has 0 spiro atoms. The maximum absolute atomic E-state index is 15.2. The van der Waals surface area contributed by atoms with Crippen LogP contribution >= 0.6 is 11.6 Å². The third-order valence-electron chi connectivity index (χ3n) is 4.05. The van der Waals surface area contributed by atoms with E-state index in [1.807, 2.05) is 0 Å². The van der Waals surface area contributed by atoms with Gasteiger partial charge in [0, 0.05) is 23.6 Å². The van der Waals surface area contributed by atoms with E-state index >= 15 is 4.39 Å². The number of halogens is 4. The van der Waals surface area contributed by atoms with E-state index in [0.29, 0.717) is 0 Å². The van der Waals surface area contributed by atoms with Crippen LogP contribution in [0.2, 0.25) is 5.02 Å². The van der Waals surface area contributed by atoms with Crippen LogP contribution in [-0.4, -0.2) is 28.0 Å². The molecular weight excluding hydrogens is 417 g/mol. The van der Waals surface area contributed by atoms with Crippen molar-refractivity contribution >= 4 is 28.4 Å². The van der Waals surface area contributed by atoms with E-state index < -0.39 is 66.4 Å². The van der Waals surface area contributed by atoms with E-state index in [1.165, 1.54) is 6.92 Å². The molecule has 0 aliphatic rings. The molecule has 28 heavy (non-hydrogen) atoms. The second kappa shape index (κ2) is 8.29. The first-order valence-electron chi connectivity index (χ1n) is 7.84. The van der Waals surface area contributed by atoms with Crippen molar-refractivity contribution in [3.05, 3.63) is 57.5 Å². The number of nitriles is 1. The maximum atomic E-state index is 15.2. The lowest BCUT2D eigenvalue weighted by Gasteiger charge is -2.26. The molecule has 0 aliphatic heterocycles. The van der Waals surface area contributed by atoms with E-state index in [-0.39, 0.29) is 6.61 Å². The van der Waals surface area contributed by atoms with E-state index in [0.717, 1.165) is 31.5 Å². The molecule has 0 saturated heterocycles. The van der Waals surface area contributed by atoms with Crippen molar-refractivity contribution in [1.29, 1.82) is 5.26 Å². The largest absolute Gasteiger partial charge is 0.462 e. The van der Waals surface area contributed by atoms with Gasteiger partial charge in [0.05, 0.1) is 29.0 Å². The quantitative estimate of drug-likeness (QED) is 0.531. The van der Waals surface area contributed by atoms with E-state index in [1.54, 1.807) is 6.07 Å². The lowest BCUT2D eigenvalue weighted by Crippen LogP contribution is -2.29. The van der Waals surface area contributed by atoms with Gasteiger partial charge in [0.15, 0.2) is 10.8 Å². The normalized spacial score (nSPS) is 14.1. The number of carbonyl (C=O) groups is 1. The second-order valence-corrected chi connectivity index (χ2v) is 7.47. The van der Waals surface area contributed by atoms with Gasteiger partial charge in [-0.3, -0.25) is 4.21 Å². The molecule has 0 aliphatic carbocycles. The third-order valence-corrected chi connectivity index (χ3v) is 5.23. The smallest absolute Gasteiger partial charge is 0.340 e. The van der Waals surface area contributed by atoms with Crippen LogP contribution in [-0.2, 0) is 21.0 Å². The summed E-state index contributed by atoms with van der Waals surface area (Å²) in [5.41, 5.74) is -3.64. The van der Waals surface area contributed by atoms with E-state index in [9.17, 15) is 23.0 Å². The molecule has 0 fully saturated rings. The summed E-state index contributed by atoms with van der Waals surface area (Å²) in [5.74, 6) is -4.59. The molecule has 148 valence electrons. The Kier molecular flexibility index (Phi) is 6.47. The van der Waals surface area contributed by atoms with Crippen molar-refractivity contribution in [1.82, 2.24) is 4.98 Å². The van der Waals surface area contributed by atoms with Gasteiger partial charge in [0.1, 0.15) is 22.1 Å². The molecular formula is C18H14ClF3N2O3S. The highest BCUT2D eigenvalue weighted by atomic mass is 35.5. The number of aromatic nitrogens is 1. The standard InChI is InChI=1S/C18H14ClF3N2O3S/c1-4-27-17(25)9-7-24-16(28(3)26)15(22)12(9)18(2,8-23)10-5-6-11(20)13(19)14(10)21/h5-7H,4H2,1-3H3. The summed E-state index contributed by atoms with van der Waals surface area (Å²) in [6.45, 7) is 2.59. The Bertz CT molecular complexity index is 1030. The van der Waals surface area contributed by atoms with Crippen LogP contribution in [0.5, 0.6) is 0 Å². The number of esters is 1. The zero-order chi connectivity index (χ0) is 21.2. The van der Waals surface area contributed by atoms with Crippen LogP contribution in [0.15, 0.2) is 23.4 Å². The molecule has 1 aromatic heterocycles. The fourth-order valence-electron chi connectivity index (χ4n) is 2.69. The Morgan fingerprint density at radius 3 is 2.54 bits per heavy atom. The fraction of sp³-hybridized carbons (Fsp3) is 0.278. The minimum absolute atomic E-state index is 0.0542. The first-order chi connectivity index (χ1) is 13.1. The topological polar surface area (TPSA) is 80.0 Å². The number of hydrogen-bond acceptors (Lipinski definition) is 5. The van der Waals surface area contributed by atoms with Gasteiger partial charge in [-0.05, 0) is 19.9 Å². The van der Waals surface area contributed by atoms with Gasteiger partial charge in [-0.15, -0.1) is 0 Å². The lowest BCUT2D eigenvalue weighted by atomic mass is 9.75. The molecule has 0 saturated carbocycles. The molecule has 0 N–H and O–H groups in total. The van der Waals surface area contributed by atoms with Crippen molar-refractivity contribution in [2.75, 3.05) is 12.9 Å². The van der Waals surface area contributed by atoms with Gasteiger partial charge in [0.2, 0.25) is 0 Å². The fourth-order valence-corrected chi connectivity index (χ4v) is 3.41. The Morgan fingerprint density at radius 2 is 2.00 bits per heavy atom. The molecule has 5 nitrogen and oxygen atoms in total. The molecule has 2 rings (SSSR count). The molecule has 1 heterocycles. The molecule has 10 heteroatoms. The van der Waals surface area contributed by atoms with Gasteiger partial charge in [0.25, 0.3) is 0 Å². The summed E-state index contributed by atoms with van der Waals surface area (Å²) in [4.78, 5) is 16.0. The molecule has 2 unspecified atom stereocenters. The Hall–Kier alpha value is -2.44. The predicted molar refractivity (Wildman–Crippen MR) is 95.9 cm³/mol. The Labute approximate surface area is 166 Å². The Morgan fingerprint density at radius 1 is 1.36 bits per heavy atom. The SMILES string of the molecule is CCOC(=O)c1cnc(S(C)=O)c(F)c1C(C)(C#N)c1ccc(F)c(Cl)c1F. The van der Waals surface area contributed by atoms with Crippen molar-refractivity contribution < 1.29 is 26.9 Å². The van der Waals surface area contributed by atoms with Crippen LogP contribution in [0.4, 0.5) is 13.2 Å². The molecule has 1 aromatic carbocycles. The zero-order valence-electron chi connectivity index (χ0n) is 15.0. The number of ether oxygens (including phenoxy) is 1. The number of rotatable bonds is 5. The highest BCUT2D eigenvalue weighted by Gasteiger charge is 2.41. The average molecular weight is 431 g/mol. The number of benzene rings is 1. The predicted octanol–water partition coefficient (Wildman–Crippen LogP) is 3.90. The van der Waals surface area contributed by atoms with Crippen LogP contribution in [0, 0.1) is 28.8 Å². The van der Waals surface area contributed by atoms with Crippen LogP contribution < -0.4 is 0 Å². The van der Waals surface area contributed by atoms with Gasteiger partial charge < -0.3 is 4.74 Å². The number of hydrogen-bond donors (Lipinski definition) is 0. The van der Waals surface area contributed by atoms with Crippen LogP contribution in [0.25, 0.3) is 0 Å². The number of carbonyl (C=O) groups excluding carboxylic acids is 1. The van der Waals surface area contributed by atoms with Gasteiger partial charge in [-0.25, -0.2) is 22.9 Å². The second-order valence-electron chi connectivity index (χ2n) is 5.80. The molecule has 2 atom stereocenters. The van der Waals surface area contributed by atoms with Gasteiger partial charge >= 0.3 is 5.97 Å².